The molecule has 0 fully saturated rings. The Morgan fingerprint density at radius 2 is 1.91 bits per heavy atom. The minimum atomic E-state index is -0.629. The molecule has 0 saturated carbocycles. The minimum absolute atomic E-state index is 0.222. The number of aliphatic hydroxyl groups is 1. The third-order valence-electron chi connectivity index (χ3n) is 1.46. The first-order valence-electron chi connectivity index (χ1n) is 3.34. The molecule has 3 heteroatoms. The van der Waals surface area contributed by atoms with E-state index in [2.05, 4.69) is 4.89 Å². The molecule has 1 aromatic carbocycles. The fraction of sp³-hybridized carbons (Fsp3) is 0.250. The second-order valence-electron chi connectivity index (χ2n) is 2.19. The molecule has 0 bridgehead atoms. The van der Waals surface area contributed by atoms with E-state index in [1.807, 2.05) is 18.2 Å². The summed E-state index contributed by atoms with van der Waals surface area (Å²) in [6.07, 6.45) is -0.629. The predicted molar refractivity (Wildman–Crippen MR) is 40.0 cm³/mol. The quantitative estimate of drug-likeness (QED) is 0.508. The van der Waals surface area contributed by atoms with Gasteiger partial charge in [0.25, 0.3) is 0 Å². The van der Waals surface area contributed by atoms with Crippen LogP contribution in [-0.2, 0) is 4.89 Å². The standard InChI is InChI=1S/C8H10O3/c9-6-8(11-10)7-4-2-1-3-5-7/h1-5,8-10H,6H2/t8-/m1/s1. The van der Waals surface area contributed by atoms with Crippen LogP contribution in [0.1, 0.15) is 11.7 Å². The van der Waals surface area contributed by atoms with Crippen molar-refractivity contribution in [2.45, 2.75) is 6.10 Å². The van der Waals surface area contributed by atoms with Crippen molar-refractivity contribution in [3.8, 4) is 0 Å². The summed E-state index contributed by atoms with van der Waals surface area (Å²) in [6.45, 7) is -0.222. The van der Waals surface area contributed by atoms with Crippen molar-refractivity contribution in [2.24, 2.45) is 0 Å². The molecule has 3 nitrogen and oxygen atoms in total. The Hall–Kier alpha value is -0.900. The lowest BCUT2D eigenvalue weighted by Gasteiger charge is -2.08. The highest BCUT2D eigenvalue weighted by molar-refractivity contribution is 5.17. The molecule has 2 N–H and O–H groups in total. The van der Waals surface area contributed by atoms with Gasteiger partial charge < -0.3 is 5.11 Å². The van der Waals surface area contributed by atoms with Gasteiger partial charge in [-0.2, -0.15) is 0 Å². The molecule has 0 amide bonds. The lowest BCUT2D eigenvalue weighted by Crippen LogP contribution is -2.05. The molecule has 11 heavy (non-hydrogen) atoms. The Morgan fingerprint density at radius 3 is 2.36 bits per heavy atom. The van der Waals surface area contributed by atoms with Crippen molar-refractivity contribution in [2.75, 3.05) is 6.61 Å². The summed E-state index contributed by atoms with van der Waals surface area (Å²) in [5, 5.41) is 17.0. The molecule has 1 rings (SSSR count). The third kappa shape index (κ3) is 2.01. The van der Waals surface area contributed by atoms with Gasteiger partial charge in [-0.3, -0.25) is 5.26 Å². The van der Waals surface area contributed by atoms with Crippen molar-refractivity contribution in [1.82, 2.24) is 0 Å². The van der Waals surface area contributed by atoms with Crippen LogP contribution >= 0.6 is 0 Å². The summed E-state index contributed by atoms with van der Waals surface area (Å²) in [4.78, 5) is 4.04. The fourth-order valence-electron chi connectivity index (χ4n) is 0.867. The molecule has 0 aliphatic heterocycles. The number of benzene rings is 1. The van der Waals surface area contributed by atoms with E-state index in [1.165, 1.54) is 0 Å². The molecular weight excluding hydrogens is 144 g/mol. The van der Waals surface area contributed by atoms with Gasteiger partial charge in [0.05, 0.1) is 6.61 Å². The molecule has 0 saturated heterocycles. The molecule has 0 aromatic heterocycles. The van der Waals surface area contributed by atoms with Gasteiger partial charge in [0.1, 0.15) is 6.10 Å². The SMILES string of the molecule is OC[C@@H](OO)c1ccccc1. The van der Waals surface area contributed by atoms with Crippen molar-refractivity contribution in [3.05, 3.63) is 35.9 Å². The molecule has 1 atom stereocenters. The van der Waals surface area contributed by atoms with Crippen molar-refractivity contribution in [3.63, 3.8) is 0 Å². The smallest absolute Gasteiger partial charge is 0.141 e. The zero-order chi connectivity index (χ0) is 8.10. The van der Waals surface area contributed by atoms with Gasteiger partial charge in [-0.25, -0.2) is 4.89 Å². The largest absolute Gasteiger partial charge is 0.393 e. The number of aliphatic hydroxyl groups excluding tert-OH is 1. The third-order valence-corrected chi connectivity index (χ3v) is 1.46. The van der Waals surface area contributed by atoms with Gasteiger partial charge in [-0.1, -0.05) is 30.3 Å². The maximum Gasteiger partial charge on any atom is 0.141 e. The van der Waals surface area contributed by atoms with Gasteiger partial charge in [-0.05, 0) is 5.56 Å². The summed E-state index contributed by atoms with van der Waals surface area (Å²) in [5.41, 5.74) is 0.762. The maximum atomic E-state index is 8.69. The topological polar surface area (TPSA) is 49.7 Å². The van der Waals surface area contributed by atoms with Crippen molar-refractivity contribution < 1.29 is 15.3 Å². The average molecular weight is 154 g/mol. The van der Waals surface area contributed by atoms with Gasteiger partial charge >= 0.3 is 0 Å². The molecule has 0 heterocycles. The second-order valence-corrected chi connectivity index (χ2v) is 2.19. The van der Waals surface area contributed by atoms with Gasteiger partial charge in [0.2, 0.25) is 0 Å². The van der Waals surface area contributed by atoms with Crippen LogP contribution in [0.5, 0.6) is 0 Å². The Kier molecular flexibility index (Phi) is 3.04. The highest BCUT2D eigenvalue weighted by Gasteiger charge is 2.08. The number of hydrogen-bond donors (Lipinski definition) is 2. The van der Waals surface area contributed by atoms with E-state index >= 15 is 0 Å². The molecular formula is C8H10O3. The maximum absolute atomic E-state index is 8.69. The first kappa shape index (κ1) is 8.20. The molecule has 0 radical (unpaired) electrons. The number of hydrogen-bond acceptors (Lipinski definition) is 3. The number of rotatable bonds is 3. The van der Waals surface area contributed by atoms with Crippen LogP contribution < -0.4 is 0 Å². The highest BCUT2D eigenvalue weighted by Crippen LogP contribution is 2.13. The Labute approximate surface area is 64.8 Å². The van der Waals surface area contributed by atoms with Crippen LogP contribution in [-0.4, -0.2) is 17.0 Å². The Bertz CT molecular complexity index is 194. The first-order valence-corrected chi connectivity index (χ1v) is 3.34. The van der Waals surface area contributed by atoms with Gasteiger partial charge in [-0.15, -0.1) is 0 Å². The summed E-state index contributed by atoms with van der Waals surface area (Å²) >= 11 is 0. The molecule has 0 unspecified atom stereocenters. The summed E-state index contributed by atoms with van der Waals surface area (Å²) in [5.74, 6) is 0. The summed E-state index contributed by atoms with van der Waals surface area (Å²) in [7, 11) is 0. The molecule has 0 aliphatic carbocycles. The lowest BCUT2D eigenvalue weighted by atomic mass is 10.1. The predicted octanol–water partition coefficient (Wildman–Crippen LogP) is 1.21. The van der Waals surface area contributed by atoms with E-state index in [4.69, 9.17) is 10.4 Å². The van der Waals surface area contributed by atoms with E-state index in [1.54, 1.807) is 12.1 Å². The zero-order valence-electron chi connectivity index (χ0n) is 5.97. The normalized spacial score (nSPS) is 12.9. The molecule has 0 spiro atoms. The lowest BCUT2D eigenvalue weighted by molar-refractivity contribution is -0.288. The summed E-state index contributed by atoms with van der Waals surface area (Å²) in [6, 6.07) is 9.04. The van der Waals surface area contributed by atoms with E-state index in [9.17, 15) is 0 Å². The van der Waals surface area contributed by atoms with E-state index < -0.39 is 6.10 Å². The first-order chi connectivity index (χ1) is 5.38. The van der Waals surface area contributed by atoms with Crippen LogP contribution in [0.3, 0.4) is 0 Å². The monoisotopic (exact) mass is 154 g/mol. The molecule has 1 aromatic rings. The zero-order valence-corrected chi connectivity index (χ0v) is 5.97. The van der Waals surface area contributed by atoms with E-state index in [0.717, 1.165) is 5.56 Å². The summed E-state index contributed by atoms with van der Waals surface area (Å²) < 4.78 is 0. The van der Waals surface area contributed by atoms with Gasteiger partial charge in [0, 0.05) is 0 Å². The average Bonchev–Trinajstić information content (AvgIpc) is 2.09. The Balaban J connectivity index is 2.74. The second kappa shape index (κ2) is 4.08. The van der Waals surface area contributed by atoms with Crippen LogP contribution in [0, 0.1) is 0 Å². The Morgan fingerprint density at radius 1 is 1.27 bits per heavy atom. The van der Waals surface area contributed by atoms with Crippen LogP contribution in [0.15, 0.2) is 30.3 Å². The van der Waals surface area contributed by atoms with Crippen LogP contribution in [0.4, 0.5) is 0 Å². The van der Waals surface area contributed by atoms with Crippen molar-refractivity contribution in [1.29, 1.82) is 0 Å². The minimum Gasteiger partial charge on any atom is -0.393 e. The fourth-order valence-corrected chi connectivity index (χ4v) is 0.867. The highest BCUT2D eigenvalue weighted by atomic mass is 17.1. The van der Waals surface area contributed by atoms with E-state index in [-0.39, 0.29) is 6.61 Å². The molecule has 0 aliphatic rings. The van der Waals surface area contributed by atoms with Crippen LogP contribution in [0.25, 0.3) is 0 Å². The van der Waals surface area contributed by atoms with E-state index in [0.29, 0.717) is 0 Å². The molecule has 60 valence electrons. The van der Waals surface area contributed by atoms with Gasteiger partial charge in [0.15, 0.2) is 0 Å². The van der Waals surface area contributed by atoms with Crippen molar-refractivity contribution >= 4 is 0 Å². The van der Waals surface area contributed by atoms with Crippen LogP contribution in [0.2, 0.25) is 0 Å².